The lowest BCUT2D eigenvalue weighted by Crippen LogP contribution is -2.52. The van der Waals surface area contributed by atoms with Crippen molar-refractivity contribution in [2.75, 3.05) is 23.7 Å². The summed E-state index contributed by atoms with van der Waals surface area (Å²) in [5, 5.41) is 0. The molecule has 1 fully saturated rings. The zero-order chi connectivity index (χ0) is 13.6. The summed E-state index contributed by atoms with van der Waals surface area (Å²) in [6.45, 7) is 8.05. The van der Waals surface area contributed by atoms with Gasteiger partial charge >= 0.3 is 0 Å². The van der Waals surface area contributed by atoms with Crippen LogP contribution in [0.1, 0.15) is 20.8 Å². The summed E-state index contributed by atoms with van der Waals surface area (Å²) in [4.78, 5) is 6.67. The number of thiazole rings is 1. The van der Waals surface area contributed by atoms with E-state index in [4.69, 9.17) is 10.5 Å². The van der Waals surface area contributed by atoms with Gasteiger partial charge in [-0.2, -0.15) is 0 Å². The van der Waals surface area contributed by atoms with Crippen LogP contribution < -0.4 is 10.6 Å². The van der Waals surface area contributed by atoms with Gasteiger partial charge in [0.25, 0.3) is 0 Å². The summed E-state index contributed by atoms with van der Waals surface area (Å²) >= 11 is 1.62. The number of benzene rings is 1. The lowest BCUT2D eigenvalue weighted by Gasteiger charge is -2.43. The van der Waals surface area contributed by atoms with Crippen LogP contribution in [0.15, 0.2) is 17.6 Å². The molecular formula is C14H19N3OS. The number of nitrogens with zero attached hydrogens (tertiary/aromatic N) is 2. The number of rotatable bonds is 1. The smallest absolute Gasteiger partial charge is 0.106 e. The van der Waals surface area contributed by atoms with Crippen LogP contribution >= 0.6 is 11.3 Å². The Morgan fingerprint density at radius 2 is 2.26 bits per heavy atom. The van der Waals surface area contributed by atoms with E-state index in [-0.39, 0.29) is 11.7 Å². The average molecular weight is 277 g/mol. The van der Waals surface area contributed by atoms with Gasteiger partial charge in [-0.1, -0.05) is 0 Å². The molecule has 2 N–H and O–H groups in total. The molecule has 0 amide bonds. The average Bonchev–Trinajstić information content (AvgIpc) is 2.75. The number of aromatic nitrogens is 1. The summed E-state index contributed by atoms with van der Waals surface area (Å²) in [5.41, 5.74) is 10.8. The Hall–Kier alpha value is -1.33. The Morgan fingerprint density at radius 1 is 1.47 bits per heavy atom. The van der Waals surface area contributed by atoms with Crippen molar-refractivity contribution in [1.82, 2.24) is 4.98 Å². The highest BCUT2D eigenvalue weighted by Crippen LogP contribution is 2.35. The number of nitrogens with two attached hydrogens (primary N) is 1. The Kier molecular flexibility index (Phi) is 2.91. The van der Waals surface area contributed by atoms with Crippen LogP contribution in [-0.4, -0.2) is 29.8 Å². The molecule has 1 atom stereocenters. The zero-order valence-electron chi connectivity index (χ0n) is 11.5. The van der Waals surface area contributed by atoms with Crippen molar-refractivity contribution in [2.24, 2.45) is 0 Å². The van der Waals surface area contributed by atoms with Crippen molar-refractivity contribution in [3.63, 3.8) is 0 Å². The molecule has 19 heavy (non-hydrogen) atoms. The maximum absolute atomic E-state index is 6.29. The number of morpholine rings is 1. The topological polar surface area (TPSA) is 51.4 Å². The van der Waals surface area contributed by atoms with E-state index in [0.717, 1.165) is 34.7 Å². The van der Waals surface area contributed by atoms with Gasteiger partial charge in [0.15, 0.2) is 0 Å². The second-order valence-electron chi connectivity index (χ2n) is 5.77. The van der Waals surface area contributed by atoms with Crippen molar-refractivity contribution in [1.29, 1.82) is 0 Å². The van der Waals surface area contributed by atoms with E-state index >= 15 is 0 Å². The molecule has 0 spiro atoms. The molecular weight excluding hydrogens is 258 g/mol. The fourth-order valence-electron chi connectivity index (χ4n) is 2.85. The Bertz CT molecular complexity index is 608. The van der Waals surface area contributed by atoms with Crippen molar-refractivity contribution in [3.05, 3.63) is 17.6 Å². The van der Waals surface area contributed by atoms with Crippen LogP contribution in [-0.2, 0) is 4.74 Å². The maximum atomic E-state index is 6.29. The second-order valence-corrected chi connectivity index (χ2v) is 6.65. The summed E-state index contributed by atoms with van der Waals surface area (Å²) in [6.07, 6.45) is 0.203. The molecule has 1 unspecified atom stereocenters. The largest absolute Gasteiger partial charge is 0.395 e. The van der Waals surface area contributed by atoms with Crippen molar-refractivity contribution >= 4 is 32.9 Å². The van der Waals surface area contributed by atoms with Gasteiger partial charge in [-0.3, -0.25) is 0 Å². The minimum Gasteiger partial charge on any atom is -0.395 e. The number of ether oxygens (including phenoxy) is 1. The minimum atomic E-state index is -0.152. The van der Waals surface area contributed by atoms with E-state index in [1.165, 1.54) is 0 Å². The summed E-state index contributed by atoms with van der Waals surface area (Å²) in [7, 11) is 0. The van der Waals surface area contributed by atoms with Crippen LogP contribution in [0.5, 0.6) is 0 Å². The third-order valence-corrected chi connectivity index (χ3v) is 4.22. The van der Waals surface area contributed by atoms with Crippen LogP contribution in [0.4, 0.5) is 11.4 Å². The van der Waals surface area contributed by atoms with E-state index < -0.39 is 0 Å². The van der Waals surface area contributed by atoms with Gasteiger partial charge < -0.3 is 15.4 Å². The molecule has 0 saturated carbocycles. The van der Waals surface area contributed by atoms with Gasteiger partial charge in [-0.05, 0) is 32.9 Å². The van der Waals surface area contributed by atoms with Gasteiger partial charge in [0.1, 0.15) is 5.52 Å². The quantitative estimate of drug-likeness (QED) is 0.814. The van der Waals surface area contributed by atoms with Crippen LogP contribution in [0, 0.1) is 0 Å². The minimum absolute atomic E-state index is 0.152. The van der Waals surface area contributed by atoms with E-state index in [9.17, 15) is 0 Å². The summed E-state index contributed by atoms with van der Waals surface area (Å²) < 4.78 is 7.08. The second kappa shape index (κ2) is 4.35. The van der Waals surface area contributed by atoms with E-state index in [0.29, 0.717) is 0 Å². The predicted octanol–water partition coefficient (Wildman–Crippen LogP) is 2.88. The van der Waals surface area contributed by atoms with Crippen LogP contribution in [0.3, 0.4) is 0 Å². The van der Waals surface area contributed by atoms with Crippen LogP contribution in [0.2, 0.25) is 0 Å². The monoisotopic (exact) mass is 277 g/mol. The number of nitrogen functional groups attached to an aromatic ring is 1. The molecule has 0 bridgehead atoms. The lowest BCUT2D eigenvalue weighted by atomic mass is 10.0. The molecule has 102 valence electrons. The normalized spacial score (nSPS) is 22.9. The molecule has 5 heteroatoms. The highest BCUT2D eigenvalue weighted by atomic mass is 32.1. The molecule has 2 heterocycles. The molecule has 4 nitrogen and oxygen atoms in total. The number of hydrogen-bond acceptors (Lipinski definition) is 5. The molecule has 1 aromatic heterocycles. The molecule has 0 radical (unpaired) electrons. The first-order chi connectivity index (χ1) is 8.96. The first-order valence-electron chi connectivity index (χ1n) is 6.51. The van der Waals surface area contributed by atoms with E-state index in [1.54, 1.807) is 11.3 Å². The third-order valence-electron chi connectivity index (χ3n) is 3.43. The molecule has 3 rings (SSSR count). The molecule has 0 aliphatic carbocycles. The third kappa shape index (κ3) is 2.28. The van der Waals surface area contributed by atoms with Crippen molar-refractivity contribution in [3.8, 4) is 0 Å². The van der Waals surface area contributed by atoms with Gasteiger partial charge in [-0.15, -0.1) is 11.3 Å². The maximum Gasteiger partial charge on any atom is 0.106 e. The molecule has 1 aliphatic heterocycles. The highest BCUT2D eigenvalue weighted by Gasteiger charge is 2.32. The van der Waals surface area contributed by atoms with E-state index in [1.807, 2.05) is 5.51 Å². The van der Waals surface area contributed by atoms with E-state index in [2.05, 4.69) is 42.8 Å². The predicted molar refractivity (Wildman–Crippen MR) is 80.9 cm³/mol. The van der Waals surface area contributed by atoms with Gasteiger partial charge in [0.2, 0.25) is 0 Å². The van der Waals surface area contributed by atoms with Gasteiger partial charge in [-0.25, -0.2) is 4.98 Å². The number of fused-ring (bicyclic) bond motifs is 1. The van der Waals surface area contributed by atoms with Gasteiger partial charge in [0, 0.05) is 13.1 Å². The Balaban J connectivity index is 2.01. The van der Waals surface area contributed by atoms with Gasteiger partial charge in [0.05, 0.1) is 33.3 Å². The van der Waals surface area contributed by atoms with Crippen molar-refractivity contribution in [2.45, 2.75) is 32.5 Å². The first-order valence-corrected chi connectivity index (χ1v) is 7.39. The molecule has 2 aromatic rings. The van der Waals surface area contributed by atoms with Crippen LogP contribution in [0.25, 0.3) is 10.2 Å². The summed E-state index contributed by atoms with van der Waals surface area (Å²) in [6, 6.07) is 4.20. The highest BCUT2D eigenvalue weighted by molar-refractivity contribution is 7.16. The van der Waals surface area contributed by atoms with Crippen molar-refractivity contribution < 1.29 is 4.74 Å². The standard InChI is InChI=1S/C14H19N3OS/c1-9-6-17(7-14(2,3)18-9)10-4-5-11-13(12(10)15)16-8-19-11/h4-5,8-9H,6-7,15H2,1-3H3. The fourth-order valence-corrected chi connectivity index (χ4v) is 3.55. The lowest BCUT2D eigenvalue weighted by molar-refractivity contribution is -0.0749. The Morgan fingerprint density at radius 3 is 3.00 bits per heavy atom. The number of anilines is 2. The SMILES string of the molecule is CC1CN(c2ccc3scnc3c2N)CC(C)(C)O1. The fraction of sp³-hybridized carbons (Fsp3) is 0.500. The Labute approximate surface area is 117 Å². The molecule has 1 aliphatic rings. The molecule has 1 saturated heterocycles. The first kappa shape index (κ1) is 12.7. The molecule has 1 aromatic carbocycles. The summed E-state index contributed by atoms with van der Waals surface area (Å²) in [5.74, 6) is 0. The zero-order valence-corrected chi connectivity index (χ0v) is 12.3. The number of hydrogen-bond donors (Lipinski definition) is 1.